The number of piperazine rings is 1. The Bertz CT molecular complexity index is 369. The largest absolute Gasteiger partial charge is 0.308 e. The van der Waals surface area contributed by atoms with Crippen LogP contribution in [0.3, 0.4) is 0 Å². The first-order valence-electron chi connectivity index (χ1n) is 7.84. The second-order valence-corrected chi connectivity index (χ2v) is 7.50. The van der Waals surface area contributed by atoms with E-state index in [1.807, 2.05) is 0 Å². The van der Waals surface area contributed by atoms with Gasteiger partial charge >= 0.3 is 0 Å². The zero-order valence-electron chi connectivity index (χ0n) is 12.3. The van der Waals surface area contributed by atoms with Crippen molar-refractivity contribution in [3.63, 3.8) is 0 Å². The van der Waals surface area contributed by atoms with Crippen LogP contribution in [0, 0.1) is 5.92 Å². The van der Waals surface area contributed by atoms with Crippen molar-refractivity contribution in [3.8, 4) is 0 Å². The topological polar surface area (TPSA) is 15.3 Å². The third-order valence-corrected chi connectivity index (χ3v) is 6.05. The molecule has 3 rings (SSSR count). The minimum Gasteiger partial charge on any atom is -0.308 e. The lowest BCUT2D eigenvalue weighted by Gasteiger charge is -2.53. The quantitative estimate of drug-likeness (QED) is 0.852. The van der Waals surface area contributed by atoms with Gasteiger partial charge in [0.15, 0.2) is 0 Å². The first-order chi connectivity index (χ1) is 9.08. The van der Waals surface area contributed by atoms with E-state index in [0.29, 0.717) is 11.1 Å². The molecule has 1 unspecified atom stereocenters. The monoisotopic (exact) mass is 282 g/mol. The first kappa shape index (κ1) is 13.9. The van der Waals surface area contributed by atoms with Crippen LogP contribution in [0.2, 0.25) is 0 Å². The second-order valence-electron chi connectivity index (χ2n) is 7.28. The fourth-order valence-electron chi connectivity index (χ4n) is 4.15. The predicted octanol–water partition coefficient (Wildman–Crippen LogP) is 3.52. The molecule has 0 aromatic rings. The van der Waals surface area contributed by atoms with Gasteiger partial charge in [-0.25, -0.2) is 0 Å². The van der Waals surface area contributed by atoms with Gasteiger partial charge in [-0.1, -0.05) is 24.4 Å². The maximum Gasteiger partial charge on any atom is 0.0338 e. The number of nitrogens with zero attached hydrogens (tertiary/aromatic N) is 1. The van der Waals surface area contributed by atoms with E-state index < -0.39 is 0 Å². The lowest BCUT2D eigenvalue weighted by atomic mass is 9.83. The molecular formula is C16H27ClN2. The summed E-state index contributed by atoms with van der Waals surface area (Å²) < 4.78 is 0. The Kier molecular flexibility index (Phi) is 3.70. The van der Waals surface area contributed by atoms with Gasteiger partial charge in [-0.2, -0.15) is 0 Å². The number of hydrogen-bond acceptors (Lipinski definition) is 2. The van der Waals surface area contributed by atoms with Gasteiger partial charge in [0.05, 0.1) is 0 Å². The number of hydrogen-bond donors (Lipinski definition) is 1. The minimum atomic E-state index is 0.342. The van der Waals surface area contributed by atoms with Crippen molar-refractivity contribution in [2.75, 3.05) is 19.6 Å². The summed E-state index contributed by atoms with van der Waals surface area (Å²) in [5.41, 5.74) is 3.80. The molecule has 19 heavy (non-hydrogen) atoms. The van der Waals surface area contributed by atoms with E-state index in [1.54, 1.807) is 5.54 Å². The standard InChI is InChI=1S/C16H27ClN2/c1-13(9-17)10-19-12-16(7-3-4-8-16)18-11-15(19,2)14-5-6-14/h9,14,18H,3-8,10-12H2,1-2H3. The van der Waals surface area contributed by atoms with E-state index in [2.05, 4.69) is 24.1 Å². The number of halogens is 1. The van der Waals surface area contributed by atoms with Gasteiger partial charge in [0.1, 0.15) is 0 Å². The van der Waals surface area contributed by atoms with Crippen LogP contribution < -0.4 is 5.32 Å². The summed E-state index contributed by atoms with van der Waals surface area (Å²) in [4.78, 5) is 2.74. The molecule has 2 saturated carbocycles. The molecule has 3 fully saturated rings. The van der Waals surface area contributed by atoms with Crippen molar-refractivity contribution in [2.24, 2.45) is 5.92 Å². The van der Waals surface area contributed by atoms with Crippen LogP contribution >= 0.6 is 11.6 Å². The molecule has 1 aliphatic heterocycles. The number of rotatable bonds is 3. The summed E-state index contributed by atoms with van der Waals surface area (Å²) in [6, 6.07) is 0. The Balaban J connectivity index is 1.79. The van der Waals surface area contributed by atoms with Crippen molar-refractivity contribution < 1.29 is 0 Å². The van der Waals surface area contributed by atoms with Gasteiger partial charge in [0.25, 0.3) is 0 Å². The fraction of sp³-hybridized carbons (Fsp3) is 0.875. The Hall–Kier alpha value is -0.0500. The highest BCUT2D eigenvalue weighted by Gasteiger charge is 2.52. The van der Waals surface area contributed by atoms with Crippen molar-refractivity contribution in [3.05, 3.63) is 11.1 Å². The van der Waals surface area contributed by atoms with Crippen molar-refractivity contribution in [1.82, 2.24) is 10.2 Å². The molecule has 1 saturated heterocycles. The van der Waals surface area contributed by atoms with E-state index in [4.69, 9.17) is 11.6 Å². The average Bonchev–Trinajstić information content (AvgIpc) is 3.17. The average molecular weight is 283 g/mol. The molecule has 2 aliphatic carbocycles. The number of nitrogens with one attached hydrogen (secondary N) is 1. The van der Waals surface area contributed by atoms with Crippen LogP contribution in [0.1, 0.15) is 52.4 Å². The van der Waals surface area contributed by atoms with Gasteiger partial charge in [0, 0.05) is 36.2 Å². The normalized spacial score (nSPS) is 36.1. The molecule has 3 aliphatic rings. The highest BCUT2D eigenvalue weighted by molar-refractivity contribution is 6.25. The lowest BCUT2D eigenvalue weighted by Crippen LogP contribution is -2.69. The molecule has 1 atom stereocenters. The van der Waals surface area contributed by atoms with Gasteiger partial charge in [0.2, 0.25) is 0 Å². The van der Waals surface area contributed by atoms with Crippen molar-refractivity contribution >= 4 is 11.6 Å². The molecule has 0 aromatic heterocycles. The maximum absolute atomic E-state index is 5.91. The molecule has 3 heteroatoms. The Morgan fingerprint density at radius 2 is 2.05 bits per heavy atom. The smallest absolute Gasteiger partial charge is 0.0338 e. The van der Waals surface area contributed by atoms with Crippen molar-refractivity contribution in [2.45, 2.75) is 63.5 Å². The van der Waals surface area contributed by atoms with Crippen molar-refractivity contribution in [1.29, 1.82) is 0 Å². The summed E-state index contributed by atoms with van der Waals surface area (Å²) >= 11 is 5.91. The zero-order chi connectivity index (χ0) is 13.5. The van der Waals surface area contributed by atoms with E-state index in [0.717, 1.165) is 19.0 Å². The summed E-state index contributed by atoms with van der Waals surface area (Å²) in [5.74, 6) is 0.891. The highest BCUT2D eigenvalue weighted by Crippen LogP contribution is 2.47. The Morgan fingerprint density at radius 3 is 2.63 bits per heavy atom. The molecule has 0 bridgehead atoms. The van der Waals surface area contributed by atoms with Gasteiger partial charge in [-0.3, -0.25) is 4.90 Å². The van der Waals surface area contributed by atoms with E-state index in [9.17, 15) is 0 Å². The molecule has 0 radical (unpaired) electrons. The SMILES string of the molecule is CC(=CCl)CN1CC2(CCCC2)NCC1(C)C1CC1. The Labute approximate surface area is 122 Å². The molecule has 1 N–H and O–H groups in total. The summed E-state index contributed by atoms with van der Waals surface area (Å²) in [6.45, 7) is 8.03. The van der Waals surface area contributed by atoms with E-state index in [1.165, 1.54) is 50.6 Å². The highest BCUT2D eigenvalue weighted by atomic mass is 35.5. The molecule has 108 valence electrons. The van der Waals surface area contributed by atoms with Crippen LogP contribution in [0.25, 0.3) is 0 Å². The molecule has 1 spiro atoms. The van der Waals surface area contributed by atoms with E-state index in [-0.39, 0.29) is 0 Å². The van der Waals surface area contributed by atoms with Gasteiger partial charge < -0.3 is 5.32 Å². The second kappa shape index (κ2) is 5.05. The summed E-state index contributed by atoms with van der Waals surface area (Å²) in [5, 5.41) is 3.93. The van der Waals surface area contributed by atoms with E-state index >= 15 is 0 Å². The third-order valence-electron chi connectivity index (χ3n) is 5.68. The van der Waals surface area contributed by atoms with Crippen LogP contribution in [0.5, 0.6) is 0 Å². The third kappa shape index (κ3) is 2.59. The maximum atomic E-state index is 5.91. The molecule has 1 heterocycles. The molecule has 0 amide bonds. The predicted molar refractivity (Wildman–Crippen MR) is 81.5 cm³/mol. The zero-order valence-corrected chi connectivity index (χ0v) is 13.1. The minimum absolute atomic E-state index is 0.342. The summed E-state index contributed by atoms with van der Waals surface area (Å²) in [7, 11) is 0. The first-order valence-corrected chi connectivity index (χ1v) is 8.28. The Morgan fingerprint density at radius 1 is 1.37 bits per heavy atom. The molecule has 2 nitrogen and oxygen atoms in total. The van der Waals surface area contributed by atoms with Crippen LogP contribution in [0.4, 0.5) is 0 Å². The van der Waals surface area contributed by atoms with Gasteiger partial charge in [-0.15, -0.1) is 0 Å². The van der Waals surface area contributed by atoms with Crippen LogP contribution in [-0.4, -0.2) is 35.6 Å². The van der Waals surface area contributed by atoms with Crippen LogP contribution in [0.15, 0.2) is 11.1 Å². The fourth-order valence-corrected chi connectivity index (χ4v) is 4.22. The van der Waals surface area contributed by atoms with Gasteiger partial charge in [-0.05, 0) is 51.0 Å². The molecule has 0 aromatic carbocycles. The lowest BCUT2D eigenvalue weighted by molar-refractivity contribution is 0.00994. The van der Waals surface area contributed by atoms with Crippen LogP contribution in [-0.2, 0) is 0 Å². The molecular weight excluding hydrogens is 256 g/mol. The summed E-state index contributed by atoms with van der Waals surface area (Å²) in [6.07, 6.45) is 8.31.